The van der Waals surface area contributed by atoms with Gasteiger partial charge in [0, 0.05) is 37.7 Å². The highest BCUT2D eigenvalue weighted by molar-refractivity contribution is 7.89. The summed E-state index contributed by atoms with van der Waals surface area (Å²) >= 11 is 1.13. The zero-order valence-corrected chi connectivity index (χ0v) is 18.2. The summed E-state index contributed by atoms with van der Waals surface area (Å²) in [5, 5.41) is 4.46. The van der Waals surface area contributed by atoms with Crippen LogP contribution < -0.4 is 14.8 Å². The van der Waals surface area contributed by atoms with Gasteiger partial charge in [-0.05, 0) is 49.3 Å². The predicted molar refractivity (Wildman–Crippen MR) is 114 cm³/mol. The van der Waals surface area contributed by atoms with Crippen molar-refractivity contribution in [3.63, 3.8) is 0 Å². The lowest BCUT2D eigenvalue weighted by atomic mass is 9.94. The number of sulfonamides is 1. The van der Waals surface area contributed by atoms with Crippen LogP contribution in [0.3, 0.4) is 0 Å². The maximum absolute atomic E-state index is 12.9. The fraction of sp³-hybridized carbons (Fsp3) is 0.476. The van der Waals surface area contributed by atoms with Crippen molar-refractivity contribution in [2.24, 2.45) is 0 Å². The maximum Gasteiger partial charge on any atom is 0.267 e. The van der Waals surface area contributed by atoms with Crippen LogP contribution in [0.2, 0.25) is 0 Å². The molecule has 1 aromatic carbocycles. The third kappa shape index (κ3) is 3.48. The van der Waals surface area contributed by atoms with Crippen molar-refractivity contribution in [1.29, 1.82) is 0 Å². The molecule has 2 aromatic rings. The second kappa shape index (κ2) is 7.55. The van der Waals surface area contributed by atoms with Gasteiger partial charge in [-0.1, -0.05) is 6.42 Å². The first-order chi connectivity index (χ1) is 14.5. The van der Waals surface area contributed by atoms with Crippen LogP contribution in [-0.4, -0.2) is 37.5 Å². The molecule has 0 atom stereocenters. The van der Waals surface area contributed by atoms with Gasteiger partial charge in [0.05, 0.1) is 0 Å². The molecule has 3 heterocycles. The first-order valence-corrected chi connectivity index (χ1v) is 12.7. The summed E-state index contributed by atoms with van der Waals surface area (Å²) in [7, 11) is -3.65. The Hall–Kier alpha value is -2.10. The summed E-state index contributed by atoms with van der Waals surface area (Å²) in [6.07, 6.45) is 6.75. The Kier molecular flexibility index (Phi) is 4.99. The Balaban J connectivity index is 1.34. The van der Waals surface area contributed by atoms with Crippen LogP contribution in [0.4, 0.5) is 5.69 Å². The molecular weight excluding hydrogens is 424 g/mol. The number of hydrogen-bond donors (Lipinski definition) is 1. The van der Waals surface area contributed by atoms with E-state index in [2.05, 4.69) is 5.32 Å². The van der Waals surface area contributed by atoms with E-state index in [9.17, 15) is 13.2 Å². The summed E-state index contributed by atoms with van der Waals surface area (Å²) in [4.78, 5) is 13.2. The molecule has 0 bridgehead atoms. The largest absolute Gasteiger partial charge is 0.448 e. The molecule has 2 aliphatic heterocycles. The van der Waals surface area contributed by atoms with Crippen molar-refractivity contribution in [2.75, 3.05) is 18.4 Å². The molecule has 0 unspecified atom stereocenters. The summed E-state index contributed by atoms with van der Waals surface area (Å²) < 4.78 is 39.5. The average molecular weight is 449 g/mol. The number of carbonyl (C=O) groups is 1. The standard InChI is InChI=1S/C21H24N2O5S2/c24-20(19-18(8-13-29-19)30(25,26)23-11-4-5-12-23)22-15-6-7-16-17(14-15)28-21(27-16)9-2-1-3-10-21/h6-8,13-14H,1-5,9-12H2,(H,22,24). The Morgan fingerprint density at radius 2 is 1.73 bits per heavy atom. The number of nitrogens with one attached hydrogen (secondary N) is 1. The van der Waals surface area contributed by atoms with E-state index in [1.165, 1.54) is 16.8 Å². The lowest BCUT2D eigenvalue weighted by molar-refractivity contribution is -0.105. The van der Waals surface area contributed by atoms with Crippen molar-refractivity contribution >= 4 is 33.0 Å². The lowest BCUT2D eigenvalue weighted by Gasteiger charge is -2.31. The van der Waals surface area contributed by atoms with E-state index in [4.69, 9.17) is 9.47 Å². The van der Waals surface area contributed by atoms with Crippen molar-refractivity contribution in [2.45, 2.75) is 55.6 Å². The minimum atomic E-state index is -3.65. The van der Waals surface area contributed by atoms with Gasteiger partial charge in [-0.15, -0.1) is 11.3 Å². The van der Waals surface area contributed by atoms with Crippen LogP contribution in [0.1, 0.15) is 54.6 Å². The van der Waals surface area contributed by atoms with E-state index in [1.54, 1.807) is 23.6 Å². The number of hydrogen-bond acceptors (Lipinski definition) is 6. The van der Waals surface area contributed by atoms with Crippen LogP contribution in [0.25, 0.3) is 0 Å². The molecule has 1 amide bonds. The highest BCUT2D eigenvalue weighted by Gasteiger charge is 2.42. The van der Waals surface area contributed by atoms with Gasteiger partial charge in [0.2, 0.25) is 10.0 Å². The molecule has 3 aliphatic rings. The zero-order valence-electron chi connectivity index (χ0n) is 16.6. The Labute approximate surface area is 180 Å². The highest BCUT2D eigenvalue weighted by atomic mass is 32.2. The molecule has 1 saturated carbocycles. The first-order valence-electron chi connectivity index (χ1n) is 10.4. The Morgan fingerprint density at radius 1 is 1.00 bits per heavy atom. The third-order valence-corrected chi connectivity index (χ3v) is 8.91. The third-order valence-electron chi connectivity index (χ3n) is 5.93. The molecule has 7 nitrogen and oxygen atoms in total. The number of nitrogens with zero attached hydrogens (tertiary/aromatic N) is 1. The number of amides is 1. The van der Waals surface area contributed by atoms with Gasteiger partial charge in [-0.3, -0.25) is 4.79 Å². The topological polar surface area (TPSA) is 84.9 Å². The molecule has 5 rings (SSSR count). The Bertz CT molecular complexity index is 1070. The monoisotopic (exact) mass is 448 g/mol. The van der Waals surface area contributed by atoms with Crippen LogP contribution in [-0.2, 0) is 10.0 Å². The SMILES string of the molecule is O=C(Nc1ccc2c(c1)OC1(CCCCC1)O2)c1sccc1S(=O)(=O)N1CCCC1. The number of fused-ring (bicyclic) bond motifs is 1. The summed E-state index contributed by atoms with van der Waals surface area (Å²) in [6, 6.07) is 6.81. The van der Waals surface area contributed by atoms with Gasteiger partial charge >= 0.3 is 0 Å². The maximum atomic E-state index is 12.9. The lowest BCUT2D eigenvalue weighted by Crippen LogP contribution is -2.40. The highest BCUT2D eigenvalue weighted by Crippen LogP contribution is 2.46. The molecule has 9 heteroatoms. The molecule has 1 aliphatic carbocycles. The van der Waals surface area contributed by atoms with E-state index in [-0.39, 0.29) is 9.77 Å². The quantitative estimate of drug-likeness (QED) is 0.757. The molecule has 1 N–H and O–H groups in total. The van der Waals surface area contributed by atoms with Crippen molar-refractivity contribution in [1.82, 2.24) is 4.31 Å². The number of carbonyl (C=O) groups excluding carboxylic acids is 1. The van der Waals surface area contributed by atoms with Crippen molar-refractivity contribution < 1.29 is 22.7 Å². The number of anilines is 1. The van der Waals surface area contributed by atoms with E-state index in [1.807, 2.05) is 0 Å². The molecule has 30 heavy (non-hydrogen) atoms. The van der Waals surface area contributed by atoms with Crippen LogP contribution in [0, 0.1) is 0 Å². The summed E-state index contributed by atoms with van der Waals surface area (Å²) in [6.45, 7) is 1.01. The fourth-order valence-electron chi connectivity index (χ4n) is 4.39. The smallest absolute Gasteiger partial charge is 0.267 e. The number of thiophene rings is 1. The number of benzene rings is 1. The number of ether oxygens (including phenoxy) is 2. The second-order valence-electron chi connectivity index (χ2n) is 8.02. The van der Waals surface area contributed by atoms with E-state index >= 15 is 0 Å². The predicted octanol–water partition coefficient (Wildman–Crippen LogP) is 4.22. The van der Waals surface area contributed by atoms with Crippen molar-refractivity contribution in [3.05, 3.63) is 34.5 Å². The van der Waals surface area contributed by atoms with Gasteiger partial charge < -0.3 is 14.8 Å². The minimum Gasteiger partial charge on any atom is -0.448 e. The summed E-state index contributed by atoms with van der Waals surface area (Å²) in [5.74, 6) is 0.289. The minimum absolute atomic E-state index is 0.0776. The van der Waals surface area contributed by atoms with Gasteiger partial charge in [0.25, 0.3) is 11.7 Å². The number of rotatable bonds is 4. The summed E-state index contributed by atoms with van der Waals surface area (Å²) in [5.41, 5.74) is 0.549. The zero-order chi connectivity index (χ0) is 20.8. The fourth-order valence-corrected chi connectivity index (χ4v) is 7.20. The van der Waals surface area contributed by atoms with Gasteiger partial charge in [0.15, 0.2) is 11.5 Å². The van der Waals surface area contributed by atoms with Gasteiger partial charge in [-0.2, -0.15) is 4.31 Å². The molecule has 0 radical (unpaired) electrons. The average Bonchev–Trinajstić information content (AvgIpc) is 3.48. The van der Waals surface area contributed by atoms with E-state index in [0.29, 0.717) is 30.3 Å². The normalized spacial score (nSPS) is 20.5. The van der Waals surface area contributed by atoms with E-state index < -0.39 is 21.7 Å². The van der Waals surface area contributed by atoms with Gasteiger partial charge in [0.1, 0.15) is 9.77 Å². The Morgan fingerprint density at radius 3 is 2.50 bits per heavy atom. The van der Waals surface area contributed by atoms with Gasteiger partial charge in [-0.25, -0.2) is 8.42 Å². The second-order valence-corrected chi connectivity index (χ2v) is 10.8. The molecule has 2 fully saturated rings. The van der Waals surface area contributed by atoms with Crippen LogP contribution in [0.15, 0.2) is 34.5 Å². The molecular formula is C21H24N2O5S2. The van der Waals surface area contributed by atoms with Crippen LogP contribution in [0.5, 0.6) is 11.5 Å². The van der Waals surface area contributed by atoms with Crippen LogP contribution >= 0.6 is 11.3 Å². The molecule has 1 spiro atoms. The molecule has 160 valence electrons. The molecule has 1 saturated heterocycles. The van der Waals surface area contributed by atoms with E-state index in [0.717, 1.165) is 49.9 Å². The van der Waals surface area contributed by atoms with Crippen molar-refractivity contribution in [3.8, 4) is 11.5 Å². The molecule has 1 aromatic heterocycles. The first kappa shape index (κ1) is 19.8.